The Morgan fingerprint density at radius 2 is 1.80 bits per heavy atom. The number of aromatic hydroxyl groups is 2. The summed E-state index contributed by atoms with van der Waals surface area (Å²) in [6, 6.07) is 3.22. The molecule has 2 aromatic rings. The van der Waals surface area contributed by atoms with Crippen molar-refractivity contribution < 1.29 is 63.3 Å². The van der Waals surface area contributed by atoms with Crippen LogP contribution >= 0.6 is 0 Å². The summed E-state index contributed by atoms with van der Waals surface area (Å²) in [6.45, 7) is 1.75. The van der Waals surface area contributed by atoms with Crippen LogP contribution in [0.15, 0.2) is 18.2 Å². The zero-order valence-electron chi connectivity index (χ0n) is 24.6. The van der Waals surface area contributed by atoms with Crippen LogP contribution in [-0.4, -0.2) is 124 Å². The van der Waals surface area contributed by atoms with E-state index in [2.05, 4.69) is 0 Å². The number of alkyl halides is 1. The van der Waals surface area contributed by atoms with Crippen molar-refractivity contribution in [3.8, 4) is 17.2 Å². The minimum Gasteiger partial charge on any atom is -0.507 e. The Labute approximate surface area is 256 Å². The van der Waals surface area contributed by atoms with Gasteiger partial charge in [0.2, 0.25) is 5.78 Å². The molecule has 6 rings (SSSR count). The van der Waals surface area contributed by atoms with E-state index in [1.54, 1.807) is 4.90 Å². The lowest BCUT2D eigenvalue weighted by atomic mass is 9.72. The van der Waals surface area contributed by atoms with Crippen LogP contribution in [0.4, 0.5) is 4.39 Å². The minimum absolute atomic E-state index is 0.0569. The third kappa shape index (κ3) is 4.92. The lowest BCUT2D eigenvalue weighted by Crippen LogP contribution is -2.64. The average Bonchev–Trinajstić information content (AvgIpc) is 3.03. The van der Waals surface area contributed by atoms with Crippen molar-refractivity contribution in [2.45, 2.75) is 62.2 Å². The number of phenolic OH excluding ortho intramolecular Hbond substituents is 2. The van der Waals surface area contributed by atoms with Crippen LogP contribution < -0.4 is 4.74 Å². The predicted molar refractivity (Wildman–Crippen MR) is 150 cm³/mol. The summed E-state index contributed by atoms with van der Waals surface area (Å²) >= 11 is 0. The zero-order valence-corrected chi connectivity index (χ0v) is 24.6. The number of phenols is 2. The average molecular weight is 632 g/mol. The van der Waals surface area contributed by atoms with Crippen LogP contribution in [0.2, 0.25) is 0 Å². The molecule has 242 valence electrons. The first-order valence-corrected chi connectivity index (χ1v) is 14.6. The monoisotopic (exact) mass is 631 g/mol. The number of nitrogens with zero attached hydrogens (tertiary/aromatic N) is 1. The van der Waals surface area contributed by atoms with Gasteiger partial charge < -0.3 is 44.5 Å². The van der Waals surface area contributed by atoms with E-state index < -0.39 is 102 Å². The molecule has 2 aromatic carbocycles. The molecule has 2 aliphatic heterocycles. The molecule has 0 radical (unpaired) electrons. The molecule has 0 bridgehead atoms. The normalized spacial score (nSPS) is 31.6. The van der Waals surface area contributed by atoms with E-state index >= 15 is 4.39 Å². The number of hydrogen-bond acceptors (Lipinski definition) is 13. The third-order valence-corrected chi connectivity index (χ3v) is 9.27. The van der Waals surface area contributed by atoms with Gasteiger partial charge in [-0.3, -0.25) is 19.3 Å². The Hall–Kier alpha value is -3.50. The standard InChI is InChI=1S/C31H34FNO12/c1-13-25(36)24(33-6-8-43-9-7-33)23(32)30(44-13)45-17-11-31(41,18(35)12-34)10-15-20(17)29(40)22-21(27(15)38)26(37)14-4-3-5-16(42-2)19(14)28(22)39/h3-5,13,17,23-25,30,34,36,38,40-41H,6-12H2,1-2H3/t13-,17-,23+,24-,25+,30-,31-/m0/s1. The molecule has 7 atom stereocenters. The number of methoxy groups -OCH3 is 1. The maximum atomic E-state index is 16.2. The third-order valence-electron chi connectivity index (χ3n) is 9.27. The molecule has 45 heavy (non-hydrogen) atoms. The van der Waals surface area contributed by atoms with E-state index in [9.17, 15) is 39.9 Å². The van der Waals surface area contributed by atoms with E-state index in [1.165, 1.54) is 32.2 Å². The number of halogens is 1. The number of carbonyl (C=O) groups excluding carboxylic acids is 3. The van der Waals surface area contributed by atoms with Gasteiger partial charge in [0.1, 0.15) is 29.5 Å². The van der Waals surface area contributed by atoms with Crippen LogP contribution in [-0.2, 0) is 25.4 Å². The summed E-state index contributed by atoms with van der Waals surface area (Å²) in [5.74, 6) is -4.18. The maximum Gasteiger partial charge on any atom is 0.202 e. The van der Waals surface area contributed by atoms with Gasteiger partial charge in [0.15, 0.2) is 24.0 Å². The number of benzene rings is 2. The van der Waals surface area contributed by atoms with Gasteiger partial charge in [0.25, 0.3) is 0 Å². The van der Waals surface area contributed by atoms with Crippen molar-refractivity contribution in [2.24, 2.45) is 0 Å². The lowest BCUT2D eigenvalue weighted by Gasteiger charge is -2.47. The molecule has 5 N–H and O–H groups in total. The Morgan fingerprint density at radius 3 is 2.47 bits per heavy atom. The molecule has 4 aliphatic rings. The molecule has 0 unspecified atom stereocenters. The van der Waals surface area contributed by atoms with Crippen LogP contribution in [0.5, 0.6) is 17.2 Å². The Bertz CT molecular complexity index is 1560. The number of aliphatic hydroxyl groups is 3. The highest BCUT2D eigenvalue weighted by Gasteiger charge is 2.53. The second kappa shape index (κ2) is 11.7. The van der Waals surface area contributed by atoms with Crippen molar-refractivity contribution in [2.75, 3.05) is 40.0 Å². The first-order valence-electron chi connectivity index (χ1n) is 14.6. The molecule has 13 nitrogen and oxygen atoms in total. The Kier molecular flexibility index (Phi) is 8.18. The molecule has 0 saturated carbocycles. The smallest absolute Gasteiger partial charge is 0.202 e. The number of Topliss-reactive ketones (excluding diaryl/α,β-unsaturated/α-hetero) is 1. The van der Waals surface area contributed by atoms with Gasteiger partial charge in [-0.1, -0.05) is 12.1 Å². The number of rotatable bonds is 6. The van der Waals surface area contributed by atoms with Gasteiger partial charge in [0.05, 0.1) is 61.4 Å². The molecule has 0 aromatic heterocycles. The van der Waals surface area contributed by atoms with Crippen molar-refractivity contribution in [1.29, 1.82) is 0 Å². The van der Waals surface area contributed by atoms with Gasteiger partial charge in [-0.05, 0) is 13.0 Å². The minimum atomic E-state index is -2.37. The summed E-state index contributed by atoms with van der Waals surface area (Å²) in [6.07, 6.45) is -8.69. The van der Waals surface area contributed by atoms with Crippen molar-refractivity contribution >= 4 is 17.3 Å². The topological polar surface area (TPSA) is 193 Å². The van der Waals surface area contributed by atoms with Gasteiger partial charge in [0, 0.05) is 42.6 Å². The number of hydrogen-bond donors (Lipinski definition) is 5. The van der Waals surface area contributed by atoms with E-state index in [4.69, 9.17) is 18.9 Å². The lowest BCUT2D eigenvalue weighted by molar-refractivity contribution is -0.288. The molecule has 2 aliphatic carbocycles. The van der Waals surface area contributed by atoms with Crippen LogP contribution in [0.3, 0.4) is 0 Å². The second-order valence-electron chi connectivity index (χ2n) is 11.8. The van der Waals surface area contributed by atoms with Gasteiger partial charge in [-0.15, -0.1) is 0 Å². The summed E-state index contributed by atoms with van der Waals surface area (Å²) in [7, 11) is 1.30. The molecule has 14 heteroatoms. The quantitative estimate of drug-likeness (QED) is 0.234. The number of ether oxygens (including phenoxy) is 4. The SMILES string of the molecule is COc1cccc2c1C(=O)c1c(O)c3c(c(O)c1C2=O)C[C@@](O)(C(=O)CO)C[C@@H]3O[C@@H]1O[C@@H](C)[C@@H](O)[C@@H](N2CCOCC2)[C@H]1F. The van der Waals surface area contributed by atoms with Crippen LogP contribution in [0, 0.1) is 0 Å². The molecular formula is C31H34FNO12. The first kappa shape index (κ1) is 31.5. The van der Waals surface area contributed by atoms with Gasteiger partial charge in [-0.2, -0.15) is 0 Å². The Morgan fingerprint density at radius 1 is 1.11 bits per heavy atom. The van der Waals surface area contributed by atoms with E-state index in [0.29, 0.717) is 26.3 Å². The maximum absolute atomic E-state index is 16.2. The number of aliphatic hydroxyl groups excluding tert-OH is 2. The molecule has 0 spiro atoms. The van der Waals surface area contributed by atoms with E-state index in [-0.39, 0.29) is 28.0 Å². The largest absolute Gasteiger partial charge is 0.507 e. The number of ketones is 3. The van der Waals surface area contributed by atoms with Crippen molar-refractivity contribution in [3.63, 3.8) is 0 Å². The highest BCUT2D eigenvalue weighted by molar-refractivity contribution is 6.31. The fourth-order valence-corrected chi connectivity index (χ4v) is 6.95. The number of morpholine rings is 1. The van der Waals surface area contributed by atoms with Gasteiger partial charge in [-0.25, -0.2) is 4.39 Å². The van der Waals surface area contributed by atoms with Crippen LogP contribution in [0.1, 0.15) is 62.4 Å². The summed E-state index contributed by atoms with van der Waals surface area (Å²) in [5, 5.41) is 55.0. The first-order chi connectivity index (χ1) is 21.4. The highest BCUT2D eigenvalue weighted by Crippen LogP contribution is 2.52. The van der Waals surface area contributed by atoms with Gasteiger partial charge >= 0.3 is 0 Å². The second-order valence-corrected chi connectivity index (χ2v) is 11.8. The molecule has 2 saturated heterocycles. The molecule has 2 heterocycles. The number of carbonyl (C=O) groups is 3. The fourth-order valence-electron chi connectivity index (χ4n) is 6.95. The predicted octanol–water partition coefficient (Wildman–Crippen LogP) is 0.323. The fraction of sp³-hybridized carbons (Fsp3) is 0.516. The molecule has 0 amide bonds. The van der Waals surface area contributed by atoms with E-state index in [1.807, 2.05) is 0 Å². The highest BCUT2D eigenvalue weighted by atomic mass is 19.1. The van der Waals surface area contributed by atoms with Crippen molar-refractivity contribution in [1.82, 2.24) is 4.90 Å². The van der Waals surface area contributed by atoms with Crippen LogP contribution in [0.25, 0.3) is 0 Å². The summed E-state index contributed by atoms with van der Waals surface area (Å²) in [5.41, 5.74) is -4.23. The zero-order chi connectivity index (χ0) is 32.4. The molecule has 2 fully saturated rings. The number of fused-ring (bicyclic) bond motifs is 3. The van der Waals surface area contributed by atoms with Crippen molar-refractivity contribution in [3.05, 3.63) is 51.6 Å². The molecular weight excluding hydrogens is 597 g/mol. The Balaban J connectivity index is 1.47. The summed E-state index contributed by atoms with van der Waals surface area (Å²) < 4.78 is 38.6. The summed E-state index contributed by atoms with van der Waals surface area (Å²) in [4.78, 5) is 42.0. The van der Waals surface area contributed by atoms with E-state index in [0.717, 1.165) is 0 Å².